The minimum absolute atomic E-state index is 0. The van der Waals surface area contributed by atoms with E-state index < -0.39 is 19.0 Å². The summed E-state index contributed by atoms with van der Waals surface area (Å²) in [5, 5.41) is 52.7. The molecule has 1 radical (unpaired) electrons. The van der Waals surface area contributed by atoms with Crippen molar-refractivity contribution in [3.8, 4) is 0 Å². The molecule has 0 aliphatic heterocycles. The summed E-state index contributed by atoms with van der Waals surface area (Å²) < 4.78 is 20.6. The van der Waals surface area contributed by atoms with Crippen molar-refractivity contribution in [2.24, 2.45) is 20.6 Å². The Bertz CT molecular complexity index is 1400. The number of hydrogen-bond donors (Lipinski definition) is 0. The molecule has 0 saturated heterocycles. The summed E-state index contributed by atoms with van der Waals surface area (Å²) in [6.07, 6.45) is 0. The molecule has 4 aromatic carbocycles. The van der Waals surface area contributed by atoms with Gasteiger partial charge in [0.1, 0.15) is 15.9 Å². The third-order valence-electron chi connectivity index (χ3n) is 6.00. The molecule has 0 bridgehead atoms. The fraction of sp³-hybridized carbons (Fsp3) is 0.152. The molecule has 0 aliphatic rings. The Morgan fingerprint density at radius 1 is 0.522 bits per heavy atom. The van der Waals surface area contributed by atoms with Gasteiger partial charge in [0.15, 0.2) is 0 Å². The summed E-state index contributed by atoms with van der Waals surface area (Å²) >= 11 is -2.09. The predicted octanol–water partition coefficient (Wildman–Crippen LogP) is 6.22. The van der Waals surface area contributed by atoms with Gasteiger partial charge < -0.3 is 46.0 Å². The van der Waals surface area contributed by atoms with Crippen molar-refractivity contribution in [3.05, 3.63) is 142 Å². The third kappa shape index (κ3) is 15.7. The van der Waals surface area contributed by atoms with E-state index in [2.05, 4.69) is 112 Å². The molecule has 13 heteroatoms. The van der Waals surface area contributed by atoms with Gasteiger partial charge in [-0.2, -0.15) is 0 Å². The van der Waals surface area contributed by atoms with E-state index in [1.807, 2.05) is 6.92 Å². The Labute approximate surface area is 284 Å². The number of rotatable bonds is 6. The molecule has 0 aliphatic carbocycles. The van der Waals surface area contributed by atoms with E-state index >= 15 is 0 Å². The van der Waals surface area contributed by atoms with Crippen molar-refractivity contribution in [2.45, 2.75) is 39.5 Å². The molecule has 0 N–H and O–H groups in total. The molecule has 4 aromatic rings. The summed E-state index contributed by atoms with van der Waals surface area (Å²) in [5.74, 6) is 0. The smallest absolute Gasteiger partial charge is 0.102 e. The first-order valence-corrected chi connectivity index (χ1v) is 16.0. The van der Waals surface area contributed by atoms with Crippen LogP contribution >= 0.6 is 7.92 Å². The molecule has 0 saturated carbocycles. The van der Waals surface area contributed by atoms with Gasteiger partial charge in [-0.15, -0.1) is 0 Å². The van der Waals surface area contributed by atoms with Crippen molar-refractivity contribution in [3.63, 3.8) is 0 Å². The molecule has 4 rings (SSSR count). The zero-order chi connectivity index (χ0) is 33.6. The minimum Gasteiger partial charge on any atom is -0.792 e. The molecule has 1 atom stereocenters. The first-order chi connectivity index (χ1) is 21.6. The summed E-state index contributed by atoms with van der Waals surface area (Å²) in [6.45, 7) is 7.65. The summed E-state index contributed by atoms with van der Waals surface area (Å²) in [4.78, 5) is 0.339. The predicted molar refractivity (Wildman–Crippen MR) is 191 cm³/mol. The SMILES string of the molecule is CC(=N[O-])C(C)=N[O-].CC(=N[O-])C(C)=N[O-].Cc1ccc(S(=O)[O-])cc1.[Co].c1ccc([PH+](c2ccccc2)c2ccccc2)cc1. The molecular formula is C33H35CoN4O6PS-4. The largest absolute Gasteiger partial charge is 0.792 e. The first-order valence-electron chi connectivity index (χ1n) is 13.5. The van der Waals surface area contributed by atoms with Crippen molar-refractivity contribution in [2.75, 3.05) is 0 Å². The van der Waals surface area contributed by atoms with Gasteiger partial charge in [0, 0.05) is 44.5 Å². The molecule has 0 amide bonds. The van der Waals surface area contributed by atoms with E-state index in [4.69, 9.17) is 0 Å². The Kier molecular flexibility index (Phi) is 21.9. The molecule has 0 spiro atoms. The van der Waals surface area contributed by atoms with Gasteiger partial charge in [-0.3, -0.25) is 4.21 Å². The van der Waals surface area contributed by atoms with Gasteiger partial charge in [0.25, 0.3) is 0 Å². The average molecular weight is 706 g/mol. The Hall–Kier alpha value is -4.19. The fourth-order valence-electron chi connectivity index (χ4n) is 3.23. The third-order valence-corrected chi connectivity index (χ3v) is 9.38. The number of benzene rings is 4. The van der Waals surface area contributed by atoms with Crippen molar-refractivity contribution >= 4 is 57.8 Å². The molecule has 46 heavy (non-hydrogen) atoms. The maximum Gasteiger partial charge on any atom is 0.102 e. The van der Waals surface area contributed by atoms with E-state index in [1.165, 1.54) is 43.6 Å². The molecule has 10 nitrogen and oxygen atoms in total. The minimum atomic E-state index is -2.09. The van der Waals surface area contributed by atoms with E-state index in [1.54, 1.807) is 24.3 Å². The van der Waals surface area contributed by atoms with Gasteiger partial charge in [-0.1, -0.05) is 72.3 Å². The average Bonchev–Trinajstić information content (AvgIpc) is 3.09. The molecule has 247 valence electrons. The molecule has 1 unspecified atom stereocenters. The van der Waals surface area contributed by atoms with E-state index in [-0.39, 0.29) is 39.6 Å². The zero-order valence-corrected chi connectivity index (χ0v) is 28.8. The van der Waals surface area contributed by atoms with Crippen LogP contribution in [-0.2, 0) is 27.9 Å². The topological polar surface area (TPSA) is 182 Å². The van der Waals surface area contributed by atoms with Crippen LogP contribution in [0.25, 0.3) is 0 Å². The van der Waals surface area contributed by atoms with Crippen LogP contribution in [0.5, 0.6) is 0 Å². The second-order valence-electron chi connectivity index (χ2n) is 9.23. The monoisotopic (exact) mass is 705 g/mol. The van der Waals surface area contributed by atoms with Crippen LogP contribution in [0.1, 0.15) is 33.3 Å². The Morgan fingerprint density at radius 2 is 0.783 bits per heavy atom. The van der Waals surface area contributed by atoms with E-state index in [9.17, 15) is 29.6 Å². The molecular weight excluding hydrogens is 670 g/mol. The Balaban J connectivity index is 0.000000641. The normalized spacial score (nSPS) is 12.2. The van der Waals surface area contributed by atoms with Crippen LogP contribution < -0.4 is 15.9 Å². The van der Waals surface area contributed by atoms with Crippen LogP contribution in [-0.4, -0.2) is 31.6 Å². The molecule has 0 heterocycles. The van der Waals surface area contributed by atoms with Crippen molar-refractivity contribution < 1.29 is 25.5 Å². The quantitative estimate of drug-likeness (QED) is 0.0994. The van der Waals surface area contributed by atoms with Crippen LogP contribution in [0.15, 0.2) is 141 Å². The second-order valence-corrected chi connectivity index (χ2v) is 12.7. The van der Waals surface area contributed by atoms with Crippen LogP contribution in [0, 0.1) is 27.8 Å². The standard InChI is InChI=1S/C18H15P.C7H8O2S.2C4H8N2O2.Co/c1-4-10-16(11-5-1)19(17-12-6-2-7-13-17)18-14-8-3-9-15-18;1-6-2-4-7(5-3-6)10(8)9;2*1-3(5-7)4(2)6-8;/h1-15H;2-5H,1H3,(H,8,9);2*7-8H,1-2H3;/p-4. The van der Waals surface area contributed by atoms with Crippen LogP contribution in [0.4, 0.5) is 0 Å². The van der Waals surface area contributed by atoms with Crippen molar-refractivity contribution in [1.82, 2.24) is 0 Å². The first kappa shape index (κ1) is 41.8. The second kappa shape index (κ2) is 24.1. The van der Waals surface area contributed by atoms with Crippen molar-refractivity contribution in [1.29, 1.82) is 0 Å². The maximum atomic E-state index is 10.3. The number of aryl methyl sites for hydroxylation is 1. The molecule has 0 aromatic heterocycles. The Morgan fingerprint density at radius 3 is 1.00 bits per heavy atom. The van der Waals surface area contributed by atoms with Crippen LogP contribution in [0.2, 0.25) is 0 Å². The van der Waals surface area contributed by atoms with Gasteiger partial charge in [-0.25, -0.2) is 0 Å². The fourth-order valence-corrected chi connectivity index (χ4v) is 6.16. The summed E-state index contributed by atoms with van der Waals surface area (Å²) in [5.41, 5.74) is 1.62. The van der Waals surface area contributed by atoms with Gasteiger partial charge in [0.2, 0.25) is 0 Å². The molecule has 0 fully saturated rings. The van der Waals surface area contributed by atoms with Gasteiger partial charge in [0.05, 0.1) is 7.92 Å². The number of nitrogens with zero attached hydrogens (tertiary/aromatic N) is 4. The summed E-state index contributed by atoms with van der Waals surface area (Å²) in [6, 6.07) is 39.2. The maximum absolute atomic E-state index is 10.3. The van der Waals surface area contributed by atoms with Gasteiger partial charge in [-0.05, 0) is 94.2 Å². The van der Waals surface area contributed by atoms with E-state index in [0.717, 1.165) is 5.56 Å². The zero-order valence-electron chi connectivity index (χ0n) is 25.9. The summed E-state index contributed by atoms with van der Waals surface area (Å²) in [7, 11) is -0.877. The van der Waals surface area contributed by atoms with E-state index in [0.29, 0.717) is 4.90 Å². The number of hydrogen-bond acceptors (Lipinski definition) is 10. The van der Waals surface area contributed by atoms with Crippen LogP contribution in [0.3, 0.4) is 0 Å². The van der Waals surface area contributed by atoms with Gasteiger partial charge >= 0.3 is 0 Å².